The average Bonchev–Trinajstić information content (AvgIpc) is 0.675. The van der Waals surface area contributed by atoms with Gasteiger partial charge in [-0.2, -0.15) is 0 Å². The van der Waals surface area contributed by atoms with Gasteiger partial charge in [0.25, 0.3) is 0 Å². The molecule has 96 heavy (non-hydrogen) atoms. The minimum Gasteiger partial charge on any atom is -0.432 e. The third-order valence-electron chi connectivity index (χ3n) is 25.2. The fraction of sp³-hybridized carbons (Fsp3) is 0.954. The maximum Gasteiger partial charge on any atom is 0.315 e. The minimum atomic E-state index is -2.19. The SMILES string of the molecule is C[C@@H]1O[C@@H](OC(=O)[C@]23CCC(C)(C)C[C@H]2C2=CC[C@@H]4[C@@]5(C)CC[C@H](O[C@@H]6O[C@H](CO)[C@@H](O[C@@H]7O[C@H](CO)[C@@H](O)[C@H](O)[C@H]7O)[C@H](O)[C@H]6O[C@@H]6O[C@H](CO)[C@@H](O)[C@H](O[C@@H]7O[C@H](CO)[C@@H](O)[C@H](O)[C@H]7O[C@@H]7OC[C@@H](O)[C@H](O)[C@H]7O)[C@H]6O)C(C)(C)[C@@H]5CC[C@@]4(C)[C@]2(C)CC3)[C@H](O)[C@H](O)[C@H]1O. The second-order valence-corrected chi connectivity index (χ2v) is 31.4. The normalized spacial score (nSPS) is 54.1. The number of carbonyl (C=O) groups excluding carboxylic acids is 1. The van der Waals surface area contributed by atoms with Crippen LogP contribution in [0.3, 0.4) is 0 Å². The van der Waals surface area contributed by atoms with E-state index < -0.39 is 234 Å². The molecule has 0 radical (unpaired) electrons. The zero-order chi connectivity index (χ0) is 70.0. The number of hydrogen-bond acceptors (Lipinski definition) is 31. The molecule has 10 fully saturated rings. The Morgan fingerprint density at radius 1 is 0.469 bits per heavy atom. The molecule has 6 heterocycles. The van der Waals surface area contributed by atoms with Crippen molar-refractivity contribution < 1.29 is 154 Å². The van der Waals surface area contributed by atoms with Crippen LogP contribution in [0.15, 0.2) is 11.6 Å². The molecule has 552 valence electrons. The lowest BCUT2D eigenvalue weighted by atomic mass is 9.33. The van der Waals surface area contributed by atoms with Gasteiger partial charge in [0.05, 0.1) is 50.7 Å². The predicted octanol–water partition coefficient (Wildman–Crippen LogP) is -4.72. The topological polar surface area (TPSA) is 492 Å². The van der Waals surface area contributed by atoms with Crippen molar-refractivity contribution >= 4 is 5.97 Å². The summed E-state index contributed by atoms with van der Waals surface area (Å²) in [6.07, 6.45) is -43.4. The summed E-state index contributed by atoms with van der Waals surface area (Å²) in [6.45, 7) is 13.0. The molecule has 5 aliphatic carbocycles. The molecule has 31 heteroatoms. The lowest BCUT2D eigenvalue weighted by molar-refractivity contribution is -0.406. The van der Waals surface area contributed by atoms with Crippen molar-refractivity contribution in [3.05, 3.63) is 11.6 Å². The first-order valence-electron chi connectivity index (χ1n) is 34.1. The molecule has 18 N–H and O–H groups in total. The molecule has 11 aliphatic rings. The van der Waals surface area contributed by atoms with E-state index in [9.17, 15) is 96.7 Å². The number of aliphatic hydroxyl groups is 18. The van der Waals surface area contributed by atoms with Gasteiger partial charge in [0, 0.05) is 0 Å². The van der Waals surface area contributed by atoms with Gasteiger partial charge in [0.2, 0.25) is 6.29 Å². The molecule has 0 bridgehead atoms. The Morgan fingerprint density at radius 2 is 0.990 bits per heavy atom. The third kappa shape index (κ3) is 12.8. The van der Waals surface area contributed by atoms with Gasteiger partial charge in [-0.25, -0.2) is 0 Å². The highest BCUT2D eigenvalue weighted by atomic mass is 16.8. The Bertz CT molecular complexity index is 2690. The first kappa shape index (κ1) is 75.2. The van der Waals surface area contributed by atoms with Crippen molar-refractivity contribution in [3.63, 3.8) is 0 Å². The highest BCUT2D eigenvalue weighted by Crippen LogP contribution is 2.76. The molecule has 4 saturated carbocycles. The predicted molar refractivity (Wildman–Crippen MR) is 321 cm³/mol. The Kier molecular flexibility index (Phi) is 22.1. The number of hydrogen-bond donors (Lipinski definition) is 18. The van der Waals surface area contributed by atoms with E-state index in [1.807, 2.05) is 0 Å². The maximum absolute atomic E-state index is 14.9. The van der Waals surface area contributed by atoms with E-state index in [2.05, 4.69) is 54.5 Å². The van der Waals surface area contributed by atoms with Crippen molar-refractivity contribution in [2.24, 2.45) is 50.2 Å². The summed E-state index contributed by atoms with van der Waals surface area (Å²) < 4.78 is 72.9. The molecule has 0 aromatic rings. The second-order valence-electron chi connectivity index (χ2n) is 31.4. The molecule has 0 aromatic carbocycles. The van der Waals surface area contributed by atoms with Crippen LogP contribution in [0, 0.1) is 50.2 Å². The van der Waals surface area contributed by atoms with Crippen LogP contribution in [0.25, 0.3) is 0 Å². The van der Waals surface area contributed by atoms with E-state index in [0.717, 1.165) is 19.3 Å². The number of rotatable bonds is 16. The minimum absolute atomic E-state index is 0.0358. The molecule has 0 amide bonds. The zero-order valence-electron chi connectivity index (χ0n) is 55.6. The Labute approximate surface area is 556 Å². The van der Waals surface area contributed by atoms with Crippen molar-refractivity contribution in [1.29, 1.82) is 0 Å². The van der Waals surface area contributed by atoms with E-state index in [4.69, 9.17) is 56.8 Å². The summed E-state index contributed by atoms with van der Waals surface area (Å²) in [4.78, 5) is 14.9. The van der Waals surface area contributed by atoms with Gasteiger partial charge in [0.1, 0.15) is 134 Å². The number of ether oxygens (including phenoxy) is 12. The van der Waals surface area contributed by atoms with Crippen LogP contribution in [0.2, 0.25) is 0 Å². The van der Waals surface area contributed by atoms with Gasteiger partial charge in [0.15, 0.2) is 31.5 Å². The second kappa shape index (κ2) is 28.3. The standard InChI is InChI=1S/C65H106O31/c1-25-36(71)41(76)45(80)54(86-25)96-59(84)65-17-15-60(2,3)19-27(65)26-9-10-34-62(6)13-12-35(61(4,5)33(62)11-14-64(34,8)63(26,7)16-18-65)91-57-52(47(82)49(32(23-69)90-57)92-55-46(81)42(77)38(73)29(20-66)87-55)95-56-48(83)50(40(75)31(22-68)88-56)93-58-51(43(78)39(74)30(21-67)89-58)94-53-44(79)37(72)28(70)24-85-53/h9,25,27-58,66-83H,10-24H2,1-8H3/t25-,27-,28+,29+,30+,31+,32+,33-,34+,35-,36-,37-,38+,39+,40+,41+,42-,43-,44+,45+,46+,47-,48+,49+,50-,51+,52+,53-,54-,55-,56-,57-,58-,62-,63+,64+,65-/m0/s1. The fourth-order valence-electron chi connectivity index (χ4n) is 19.1. The van der Waals surface area contributed by atoms with Crippen molar-refractivity contribution in [2.75, 3.05) is 33.0 Å². The van der Waals surface area contributed by atoms with Crippen LogP contribution >= 0.6 is 0 Å². The summed E-state index contributed by atoms with van der Waals surface area (Å²) in [7, 11) is 0. The highest BCUT2D eigenvalue weighted by Gasteiger charge is 2.71. The van der Waals surface area contributed by atoms with Gasteiger partial charge in [-0.15, -0.1) is 0 Å². The number of fused-ring (bicyclic) bond motifs is 7. The summed E-state index contributed by atoms with van der Waals surface area (Å²) in [6, 6.07) is 0. The van der Waals surface area contributed by atoms with Gasteiger partial charge in [-0.05, 0) is 116 Å². The highest BCUT2D eigenvalue weighted by molar-refractivity contribution is 5.79. The van der Waals surface area contributed by atoms with E-state index in [-0.39, 0.29) is 39.4 Å². The van der Waals surface area contributed by atoms with Gasteiger partial charge in [-0.3, -0.25) is 4.79 Å². The first-order valence-corrected chi connectivity index (χ1v) is 34.1. The molecule has 0 aromatic heterocycles. The van der Waals surface area contributed by atoms with Crippen LogP contribution in [0.4, 0.5) is 0 Å². The third-order valence-corrected chi connectivity index (χ3v) is 25.2. The molecular formula is C65H106O31. The molecule has 0 unspecified atom stereocenters. The van der Waals surface area contributed by atoms with Crippen molar-refractivity contribution in [3.8, 4) is 0 Å². The largest absolute Gasteiger partial charge is 0.432 e. The lowest BCUT2D eigenvalue weighted by Gasteiger charge is -2.71. The summed E-state index contributed by atoms with van der Waals surface area (Å²) in [5.41, 5.74) is -1.55. The van der Waals surface area contributed by atoms with Crippen LogP contribution in [0.1, 0.15) is 120 Å². The Balaban J connectivity index is 0.871. The summed E-state index contributed by atoms with van der Waals surface area (Å²) in [5, 5.41) is 197. The zero-order valence-corrected chi connectivity index (χ0v) is 55.6. The van der Waals surface area contributed by atoms with E-state index in [1.165, 1.54) is 5.57 Å². The smallest absolute Gasteiger partial charge is 0.315 e. The van der Waals surface area contributed by atoms with Crippen LogP contribution < -0.4 is 0 Å². The van der Waals surface area contributed by atoms with Gasteiger partial charge >= 0.3 is 5.97 Å². The molecule has 0 spiro atoms. The molecular weight excluding hydrogens is 1280 g/mol. The molecule has 6 aliphatic heterocycles. The molecule has 31 nitrogen and oxygen atoms in total. The number of esters is 1. The van der Waals surface area contributed by atoms with Crippen LogP contribution in [-0.4, -0.2) is 315 Å². The fourth-order valence-corrected chi connectivity index (χ4v) is 19.1. The molecule has 6 saturated heterocycles. The lowest BCUT2D eigenvalue weighted by Crippen LogP contribution is -2.69. The van der Waals surface area contributed by atoms with Gasteiger partial charge in [-0.1, -0.05) is 60.1 Å². The summed E-state index contributed by atoms with van der Waals surface area (Å²) >= 11 is 0. The quantitative estimate of drug-likeness (QED) is 0.0392. The molecule has 37 atom stereocenters. The van der Waals surface area contributed by atoms with Crippen molar-refractivity contribution in [1.82, 2.24) is 0 Å². The summed E-state index contributed by atoms with van der Waals surface area (Å²) in [5.74, 6) is -0.615. The van der Waals surface area contributed by atoms with E-state index in [0.29, 0.717) is 44.9 Å². The van der Waals surface area contributed by atoms with E-state index >= 15 is 0 Å². The monoisotopic (exact) mass is 1380 g/mol. The van der Waals surface area contributed by atoms with Crippen molar-refractivity contribution in [2.45, 2.75) is 304 Å². The Morgan fingerprint density at radius 3 is 1.65 bits per heavy atom. The van der Waals surface area contributed by atoms with E-state index in [1.54, 1.807) is 6.92 Å². The maximum atomic E-state index is 14.9. The number of allylic oxidation sites excluding steroid dienone is 2. The van der Waals surface area contributed by atoms with Gasteiger partial charge < -0.3 is 149 Å². The molecule has 11 rings (SSSR count). The van der Waals surface area contributed by atoms with Crippen LogP contribution in [0.5, 0.6) is 0 Å². The van der Waals surface area contributed by atoms with Crippen LogP contribution in [-0.2, 0) is 61.6 Å². The first-order chi connectivity index (χ1) is 45.1. The number of carbonyl (C=O) groups is 1. The Hall–Kier alpha value is -1.95. The average molecular weight is 1380 g/mol. The number of aliphatic hydroxyl groups excluding tert-OH is 18.